The number of amidine groups is 1. The van der Waals surface area contributed by atoms with Crippen LogP contribution in [0.15, 0.2) is 51.9 Å². The van der Waals surface area contributed by atoms with E-state index in [1.807, 2.05) is 13.8 Å². The molecule has 0 atom stereocenters. The molecule has 0 unspecified atom stereocenters. The van der Waals surface area contributed by atoms with E-state index in [-0.39, 0.29) is 58.8 Å². The summed E-state index contributed by atoms with van der Waals surface area (Å²) in [5, 5.41) is 36.6. The number of carbonyl (C=O) groups is 4. The van der Waals surface area contributed by atoms with Crippen LogP contribution in [0.1, 0.15) is 35.3 Å². The van der Waals surface area contributed by atoms with Crippen LogP contribution in [-0.2, 0) is 27.5 Å². The highest BCUT2D eigenvalue weighted by Gasteiger charge is 2.38. The summed E-state index contributed by atoms with van der Waals surface area (Å²) in [6.07, 6.45) is -5.08. The normalized spacial score (nSPS) is 10.3. The van der Waals surface area contributed by atoms with Crippen molar-refractivity contribution < 1.29 is 60.8 Å². The number of aromatic carboxylic acids is 1. The van der Waals surface area contributed by atoms with Crippen LogP contribution in [0.2, 0.25) is 0 Å². The number of anilines is 2. The molecule has 0 saturated carbocycles. The molecule has 50 heavy (non-hydrogen) atoms. The molecule has 0 bridgehead atoms. The summed E-state index contributed by atoms with van der Waals surface area (Å²) in [5.41, 5.74) is 12.8. The molecule has 0 fully saturated rings. The molecule has 3 rings (SSSR count). The van der Waals surface area contributed by atoms with Crippen LogP contribution in [0.4, 0.5) is 37.8 Å². The third-order valence-corrected chi connectivity index (χ3v) is 5.88. The Hall–Kier alpha value is -5.67. The van der Waals surface area contributed by atoms with Crippen molar-refractivity contribution in [1.29, 1.82) is 5.41 Å². The Kier molecular flexibility index (Phi) is 18.3. The first-order chi connectivity index (χ1) is 23.0. The monoisotopic (exact) mass is 785 g/mol. The number of carboxylic acids is 2. The molecule has 0 radical (unpaired) electrons. The van der Waals surface area contributed by atoms with Crippen molar-refractivity contribution in [3.8, 4) is 11.3 Å². The largest absolute Gasteiger partial charge is 0.490 e. The van der Waals surface area contributed by atoms with Crippen LogP contribution in [0, 0.1) is 5.41 Å². The van der Waals surface area contributed by atoms with Gasteiger partial charge in [0.15, 0.2) is 5.82 Å². The van der Waals surface area contributed by atoms with E-state index in [0.29, 0.717) is 11.1 Å². The summed E-state index contributed by atoms with van der Waals surface area (Å²) in [6, 6.07) is 10.9. The average molecular weight is 786 g/mol. The number of amides is 1. The highest BCUT2D eigenvalue weighted by Crippen LogP contribution is 2.29. The number of nitrogens with two attached hydrogens (primary N) is 2. The van der Waals surface area contributed by atoms with E-state index in [9.17, 15) is 45.8 Å². The zero-order valence-corrected chi connectivity index (χ0v) is 27.4. The molecular weight excluding hydrogens is 756 g/mol. The van der Waals surface area contributed by atoms with E-state index in [2.05, 4.69) is 31.5 Å². The lowest BCUT2D eigenvalue weighted by Crippen LogP contribution is -2.35. The summed E-state index contributed by atoms with van der Waals surface area (Å²) in [7, 11) is 0. The minimum atomic E-state index is -5.08. The van der Waals surface area contributed by atoms with Gasteiger partial charge in [0.25, 0.3) is 12.0 Å². The Bertz CT molecular complexity index is 1700. The number of carboxylic acid groups (broad SMARTS) is 3. The molecule has 1 aromatic heterocycles. The molecule has 15 nitrogen and oxygen atoms in total. The summed E-state index contributed by atoms with van der Waals surface area (Å²) in [5.74, 6) is -4.42. The molecule has 274 valence electrons. The van der Waals surface area contributed by atoms with E-state index < -0.39 is 36.3 Å². The third-order valence-electron chi connectivity index (χ3n) is 5.32. The van der Waals surface area contributed by atoms with Crippen LogP contribution < -0.4 is 27.7 Å². The number of alkyl halides is 6. The topological polar surface area (TPSA) is 264 Å². The molecule has 0 aliphatic heterocycles. The van der Waals surface area contributed by atoms with Gasteiger partial charge in [-0.2, -0.15) is 26.3 Å². The number of nitrogens with one attached hydrogen (secondary N) is 3. The molecular formula is C28H30BrF6N7O8. The van der Waals surface area contributed by atoms with Crippen LogP contribution in [0.25, 0.3) is 11.3 Å². The van der Waals surface area contributed by atoms with Crippen molar-refractivity contribution in [3.05, 3.63) is 74.1 Å². The second-order valence-corrected chi connectivity index (χ2v) is 10.2. The minimum Gasteiger partial charge on any atom is -0.483 e. The predicted octanol–water partition coefficient (Wildman–Crippen LogP) is 3.89. The number of hydrogen-bond acceptors (Lipinski definition) is 9. The lowest BCUT2D eigenvalue weighted by atomic mass is 10.1. The first-order valence-corrected chi connectivity index (χ1v) is 14.1. The number of rotatable bonds is 9. The second-order valence-electron chi connectivity index (χ2n) is 9.48. The Balaban J connectivity index is 0.00000145. The van der Waals surface area contributed by atoms with Gasteiger partial charge in [0, 0.05) is 29.4 Å². The summed E-state index contributed by atoms with van der Waals surface area (Å²) in [4.78, 5) is 59.3. The highest BCUT2D eigenvalue weighted by atomic mass is 79.9. The molecule has 0 spiro atoms. The fourth-order valence-electron chi connectivity index (χ4n) is 3.45. The fraction of sp³-hybridized carbons (Fsp3) is 0.250. The number of carbonyl (C=O) groups excluding carboxylic acids is 1. The molecule has 1 amide bonds. The molecule has 22 heteroatoms. The van der Waals surface area contributed by atoms with Crippen LogP contribution in [-0.4, -0.2) is 73.9 Å². The van der Waals surface area contributed by atoms with Crippen LogP contribution in [0.5, 0.6) is 0 Å². The lowest BCUT2D eigenvalue weighted by Gasteiger charge is -2.18. The summed E-state index contributed by atoms with van der Waals surface area (Å²) in [6.45, 7) is -0.403. The van der Waals surface area contributed by atoms with E-state index in [1.54, 1.807) is 24.3 Å². The van der Waals surface area contributed by atoms with Gasteiger partial charge >= 0.3 is 24.8 Å². The number of aromatic nitrogens is 2. The molecule has 0 saturated heterocycles. The highest BCUT2D eigenvalue weighted by molar-refractivity contribution is 9.10. The van der Waals surface area contributed by atoms with Crippen LogP contribution in [0.3, 0.4) is 0 Å². The second kappa shape index (κ2) is 20.6. The van der Waals surface area contributed by atoms with Crippen LogP contribution >= 0.6 is 15.9 Å². The van der Waals surface area contributed by atoms with Gasteiger partial charge in [-0.05, 0) is 53.5 Å². The number of halogens is 7. The van der Waals surface area contributed by atoms with E-state index >= 15 is 0 Å². The van der Waals surface area contributed by atoms with Gasteiger partial charge in [-0.15, -0.1) is 0 Å². The molecule has 1 heterocycles. The average Bonchev–Trinajstić information content (AvgIpc) is 2.98. The first kappa shape index (κ1) is 44.3. The van der Waals surface area contributed by atoms with E-state index in [1.165, 1.54) is 22.8 Å². The Morgan fingerprint density at radius 3 is 1.98 bits per heavy atom. The van der Waals surface area contributed by atoms with Gasteiger partial charge < -0.3 is 37.4 Å². The van der Waals surface area contributed by atoms with E-state index in [0.717, 1.165) is 5.56 Å². The number of aliphatic carboxylic acids is 1. The van der Waals surface area contributed by atoms with Crippen molar-refractivity contribution in [1.82, 2.24) is 14.9 Å². The van der Waals surface area contributed by atoms with Gasteiger partial charge in [-0.25, -0.2) is 14.6 Å². The van der Waals surface area contributed by atoms with Crippen molar-refractivity contribution >= 4 is 57.6 Å². The third kappa shape index (κ3) is 16.0. The number of nitrogens with zero attached hydrogens (tertiary/aromatic N) is 2. The van der Waals surface area contributed by atoms with Crippen molar-refractivity contribution in [3.63, 3.8) is 0 Å². The summed E-state index contributed by atoms with van der Waals surface area (Å²) >= 11 is 3.37. The molecule has 2 aromatic carbocycles. The Labute approximate surface area is 286 Å². The molecule has 10 N–H and O–H groups in total. The maximum atomic E-state index is 13.3. The quantitative estimate of drug-likeness (QED) is 0.0505. The van der Waals surface area contributed by atoms with Crippen molar-refractivity contribution in [2.24, 2.45) is 5.73 Å². The zero-order valence-electron chi connectivity index (χ0n) is 25.8. The van der Waals surface area contributed by atoms with E-state index in [4.69, 9.17) is 36.7 Å². The van der Waals surface area contributed by atoms with Crippen molar-refractivity contribution in [2.45, 2.75) is 45.8 Å². The first-order valence-electron chi connectivity index (χ1n) is 13.3. The fourth-order valence-corrected chi connectivity index (χ4v) is 4.07. The van der Waals surface area contributed by atoms with Gasteiger partial charge in [0.2, 0.25) is 5.91 Å². The minimum absolute atomic E-state index is 0.0376. The summed E-state index contributed by atoms with van der Waals surface area (Å²) < 4.78 is 62.2. The predicted molar refractivity (Wildman–Crippen MR) is 171 cm³/mol. The Morgan fingerprint density at radius 2 is 1.56 bits per heavy atom. The zero-order chi connectivity index (χ0) is 38.9. The SMILES string of the molecule is CC(C)Nc1nc(Br)c(-c2cc(N)cc(C(=O)O)c2)n(CC(=O)NCc2ccc(C(=N)N)cc2)c1=O.FC(F)F.O=C(O)C(F)(F)F.O=CO. The van der Waals surface area contributed by atoms with Gasteiger partial charge in [0.1, 0.15) is 17.0 Å². The number of benzene rings is 2. The maximum absolute atomic E-state index is 13.3. The number of hydrogen-bond donors (Lipinski definition) is 8. The maximum Gasteiger partial charge on any atom is 0.490 e. The van der Waals surface area contributed by atoms with Crippen molar-refractivity contribution in [2.75, 3.05) is 11.1 Å². The smallest absolute Gasteiger partial charge is 0.483 e. The molecule has 0 aliphatic carbocycles. The number of nitrogen functional groups attached to an aromatic ring is 2. The Morgan fingerprint density at radius 1 is 1.06 bits per heavy atom. The van der Waals surface area contributed by atoms with Gasteiger partial charge in [-0.1, -0.05) is 24.3 Å². The van der Waals surface area contributed by atoms with Gasteiger partial charge in [0.05, 0.1) is 11.3 Å². The lowest BCUT2D eigenvalue weighted by molar-refractivity contribution is -0.192. The van der Waals surface area contributed by atoms with Gasteiger partial charge in [-0.3, -0.25) is 24.4 Å². The molecule has 0 aliphatic rings. The standard InChI is InChI=1S/C24H26BrN7O4.C2HF3O2.CHF3.CH2O2/c1-12(2)30-22-23(34)32(11-18(33)29-10-13-3-5-14(6-4-13)21(27)28)19(20(25)31-22)15-7-16(24(35)36)9-17(26)8-15;3-2(4,5)1(6)7;2-1(3)4;2-1-3/h3-9,12H,10-11,26H2,1-2H3,(H3,27,28)(H,29,33)(H,30,31)(H,35,36);(H,6,7);1H;1H,(H,2,3). The molecule has 3 aromatic rings.